The number of carbonyl (C=O) groups is 1. The molecule has 1 amide bonds. The smallest absolute Gasteiger partial charge is 0.870 e. The van der Waals surface area contributed by atoms with Gasteiger partial charge in [-0.05, 0) is 60.1 Å². The van der Waals surface area contributed by atoms with E-state index in [4.69, 9.17) is 4.74 Å². The van der Waals surface area contributed by atoms with Crippen LogP contribution in [0.25, 0.3) is 21.6 Å². The summed E-state index contributed by atoms with van der Waals surface area (Å²) in [4.78, 5) is 24.9. The molecule has 0 radical (unpaired) electrons. The number of anilines is 1. The van der Waals surface area contributed by atoms with Gasteiger partial charge in [-0.25, -0.2) is 4.79 Å². The Bertz CT molecular complexity index is 1410. The molecule has 1 heterocycles. The minimum Gasteiger partial charge on any atom is -0.870 e. The van der Waals surface area contributed by atoms with Crippen molar-refractivity contribution in [2.45, 2.75) is 45.1 Å². The Morgan fingerprint density at radius 3 is 2.13 bits per heavy atom. The normalized spacial score (nSPS) is 13.9. The molecule has 0 spiro atoms. The van der Waals surface area contributed by atoms with E-state index in [0.717, 1.165) is 56.8 Å². The van der Waals surface area contributed by atoms with Crippen molar-refractivity contribution in [2.75, 3.05) is 5.32 Å². The third kappa shape index (κ3) is 6.08. The summed E-state index contributed by atoms with van der Waals surface area (Å²) >= 11 is 1.35. The van der Waals surface area contributed by atoms with E-state index in [9.17, 15) is 9.59 Å². The molecule has 0 aliphatic heterocycles. The van der Waals surface area contributed by atoms with Gasteiger partial charge >= 0.3 is 35.7 Å². The molecular weight excluding hydrogens is 507 g/mol. The van der Waals surface area contributed by atoms with E-state index >= 15 is 0 Å². The molecule has 8 heteroatoms. The Labute approximate surface area is 249 Å². The summed E-state index contributed by atoms with van der Waals surface area (Å²) in [6, 6.07) is 24.2. The first kappa shape index (κ1) is 29.7. The summed E-state index contributed by atoms with van der Waals surface area (Å²) in [6.07, 6.45) is 3.09. The molecule has 0 saturated heterocycles. The van der Waals surface area contributed by atoms with Crippen LogP contribution >= 0.6 is 11.5 Å². The molecule has 1 aromatic heterocycles. The third-order valence-corrected chi connectivity index (χ3v) is 7.85. The number of hydrogen-bond donors (Lipinski definition) is 1. The third-order valence-electron chi connectivity index (χ3n) is 6.86. The largest absolute Gasteiger partial charge is 1.00 e. The van der Waals surface area contributed by atoms with E-state index in [2.05, 4.69) is 40.2 Å². The van der Waals surface area contributed by atoms with Gasteiger partial charge in [0.05, 0.1) is 16.3 Å². The molecule has 3 aromatic carbocycles. The molecule has 1 aliphatic carbocycles. The van der Waals surface area contributed by atoms with Gasteiger partial charge in [0.15, 0.2) is 0 Å². The van der Waals surface area contributed by atoms with Crippen LogP contribution in [0.3, 0.4) is 0 Å². The molecule has 1 aliphatic rings. The van der Waals surface area contributed by atoms with Crippen molar-refractivity contribution in [3.8, 4) is 21.6 Å². The molecule has 1 saturated carbocycles. The van der Waals surface area contributed by atoms with E-state index in [-0.39, 0.29) is 46.6 Å². The number of nitrogens with zero attached hydrogens (tertiary/aromatic N) is 1. The first-order chi connectivity index (χ1) is 17.4. The standard InChI is InChI=1S/C30H27N2O3S.Na.H2O/c1-19-6-4-5-7-26(19)21(3)35-29(34)31-27-20(2)32-36-28(27)24-10-8-22(9-11-24)23-12-14-25(15-13-23)30(18-33)16-17-30;;/h4-15,21H,16-17H2,1-3H3,(H,31,34);;1H2/q-1;+1;/p-1/t21-;;/m1../s1. The maximum absolute atomic E-state index is 12.7. The van der Waals surface area contributed by atoms with Crippen molar-refractivity contribution in [2.24, 2.45) is 0 Å². The molecule has 0 unspecified atom stereocenters. The van der Waals surface area contributed by atoms with Crippen LogP contribution in [-0.2, 0) is 14.9 Å². The maximum atomic E-state index is 12.7. The SMILES string of the molecule is Cc1ccccc1[C@@H](C)OC(=O)Nc1c(C)nsc1-c1ccc(-c2ccc(C3([C-]=O)CC3)cc2)cc1.[Na+].[OH-]. The summed E-state index contributed by atoms with van der Waals surface area (Å²) < 4.78 is 10.1. The Kier molecular flexibility index (Phi) is 9.68. The second-order valence-corrected chi connectivity index (χ2v) is 10.1. The van der Waals surface area contributed by atoms with Crippen LogP contribution in [0, 0.1) is 13.8 Å². The molecule has 2 N–H and O–H groups in total. The van der Waals surface area contributed by atoms with Crippen LogP contribution in [-0.4, -0.2) is 22.2 Å². The van der Waals surface area contributed by atoms with Gasteiger partial charge in [-0.3, -0.25) is 11.6 Å². The number of ether oxygens (including phenoxy) is 1. The predicted molar refractivity (Wildman–Crippen MR) is 146 cm³/mol. The maximum Gasteiger partial charge on any atom is 1.00 e. The summed E-state index contributed by atoms with van der Waals surface area (Å²) in [5, 5.41) is 2.91. The minimum absolute atomic E-state index is 0. The Morgan fingerprint density at radius 1 is 0.974 bits per heavy atom. The molecule has 5 rings (SSSR count). The fraction of sp³-hybridized carbons (Fsp3) is 0.233. The molecule has 4 aromatic rings. The van der Waals surface area contributed by atoms with E-state index in [1.54, 1.807) is 0 Å². The van der Waals surface area contributed by atoms with Gasteiger partial charge < -0.3 is 15.0 Å². The molecular formula is C30H28N2NaO4S-. The van der Waals surface area contributed by atoms with Gasteiger partial charge in [0.25, 0.3) is 0 Å². The van der Waals surface area contributed by atoms with Gasteiger partial charge in [0.2, 0.25) is 0 Å². The number of rotatable bonds is 7. The van der Waals surface area contributed by atoms with Crippen LogP contribution in [0.15, 0.2) is 72.8 Å². The fourth-order valence-corrected chi connectivity index (χ4v) is 5.33. The molecule has 190 valence electrons. The van der Waals surface area contributed by atoms with E-state index in [1.807, 2.05) is 69.3 Å². The molecule has 1 fully saturated rings. The summed E-state index contributed by atoms with van der Waals surface area (Å²) in [5.74, 6) is 0. The average molecular weight is 536 g/mol. The van der Waals surface area contributed by atoms with Crippen molar-refractivity contribution in [1.29, 1.82) is 0 Å². The molecule has 0 bridgehead atoms. The number of nitrogens with one attached hydrogen (secondary N) is 1. The van der Waals surface area contributed by atoms with Crippen molar-refractivity contribution in [3.63, 3.8) is 0 Å². The van der Waals surface area contributed by atoms with E-state index in [1.165, 1.54) is 11.5 Å². The van der Waals surface area contributed by atoms with Crippen LogP contribution in [0.5, 0.6) is 0 Å². The quantitative estimate of drug-likeness (QED) is 0.280. The number of aromatic nitrogens is 1. The number of benzene rings is 3. The first-order valence-corrected chi connectivity index (χ1v) is 12.8. The topological polar surface area (TPSA) is 98.3 Å². The number of aryl methyl sites for hydroxylation is 2. The number of carbonyl (C=O) groups excluding carboxylic acids is 2. The predicted octanol–water partition coefficient (Wildman–Crippen LogP) is 4.37. The van der Waals surface area contributed by atoms with Gasteiger partial charge in [0.1, 0.15) is 6.10 Å². The molecule has 1 atom stereocenters. The summed E-state index contributed by atoms with van der Waals surface area (Å²) in [7, 11) is 0. The second-order valence-electron chi connectivity index (χ2n) is 9.34. The zero-order valence-electron chi connectivity index (χ0n) is 21.9. The number of amides is 1. The zero-order chi connectivity index (χ0) is 25.3. The Morgan fingerprint density at radius 2 is 1.55 bits per heavy atom. The minimum atomic E-state index is -0.506. The van der Waals surface area contributed by atoms with Gasteiger partial charge in [0, 0.05) is 0 Å². The van der Waals surface area contributed by atoms with Crippen molar-refractivity contribution in [1.82, 2.24) is 4.37 Å². The monoisotopic (exact) mass is 535 g/mol. The van der Waals surface area contributed by atoms with E-state index < -0.39 is 6.09 Å². The van der Waals surface area contributed by atoms with Crippen molar-refractivity contribution in [3.05, 3.63) is 95.2 Å². The number of hydrogen-bond acceptors (Lipinski definition) is 6. The second kappa shape index (κ2) is 12.4. The first-order valence-electron chi connectivity index (χ1n) is 12.0. The average Bonchev–Trinajstić information content (AvgIpc) is 3.62. The van der Waals surface area contributed by atoms with Crippen LogP contribution in [0.4, 0.5) is 10.5 Å². The van der Waals surface area contributed by atoms with Crippen LogP contribution in [0.1, 0.15) is 48.3 Å². The van der Waals surface area contributed by atoms with Crippen LogP contribution < -0.4 is 34.9 Å². The zero-order valence-corrected chi connectivity index (χ0v) is 24.8. The Balaban J connectivity index is 0.00000200. The Hall–Kier alpha value is -2.81. The molecule has 6 nitrogen and oxygen atoms in total. The van der Waals surface area contributed by atoms with Gasteiger partial charge in [-0.15, -0.1) is 5.41 Å². The molecule has 38 heavy (non-hydrogen) atoms. The van der Waals surface area contributed by atoms with Gasteiger partial charge in [-0.1, -0.05) is 91.2 Å². The van der Waals surface area contributed by atoms with E-state index in [0.29, 0.717) is 5.69 Å². The van der Waals surface area contributed by atoms with Crippen molar-refractivity contribution < 1.29 is 49.4 Å². The van der Waals surface area contributed by atoms with Gasteiger partial charge in [-0.2, -0.15) is 4.37 Å². The summed E-state index contributed by atoms with van der Waals surface area (Å²) in [6.45, 7) is 5.75. The van der Waals surface area contributed by atoms with Crippen LogP contribution in [0.2, 0.25) is 0 Å². The fourth-order valence-electron chi connectivity index (χ4n) is 4.48. The summed E-state index contributed by atoms with van der Waals surface area (Å²) in [5.41, 5.74) is 7.26. The van der Waals surface area contributed by atoms with Crippen molar-refractivity contribution >= 4 is 29.6 Å².